The van der Waals surface area contributed by atoms with Gasteiger partial charge in [-0.2, -0.15) is 5.10 Å². The highest BCUT2D eigenvalue weighted by Gasteiger charge is 2.35. The number of anilines is 1. The summed E-state index contributed by atoms with van der Waals surface area (Å²) in [5.41, 5.74) is 3.79. The third kappa shape index (κ3) is 5.40. The molecule has 1 fully saturated rings. The SMILES string of the molecule is CCc1nc(-c2ccccc2)sc1CNc1ccc(C(=O)N[C@@H]2CN(C)C[C@@H]2c2n[nH]c(=O)s2)cc1. The highest BCUT2D eigenvalue weighted by molar-refractivity contribution is 7.15. The Bertz CT molecular complexity index is 1380. The van der Waals surface area contributed by atoms with Gasteiger partial charge in [0.25, 0.3) is 5.91 Å². The first-order valence-electron chi connectivity index (χ1n) is 11.9. The maximum absolute atomic E-state index is 13.0. The summed E-state index contributed by atoms with van der Waals surface area (Å²) >= 11 is 2.82. The standard InChI is InChI=1S/C26H28N6O2S2/c1-3-20-22(35-24(29-20)17-7-5-4-6-8-17)13-27-18-11-9-16(10-12-18)23(33)28-21-15-32(2)14-19(21)25-30-31-26(34)36-25/h4-12,19,21,27H,3,13-15H2,1-2H3,(H,28,33)(H,31,34)/t19-,21+/m0/s1. The van der Waals surface area contributed by atoms with Crippen molar-refractivity contribution in [2.24, 2.45) is 0 Å². The summed E-state index contributed by atoms with van der Waals surface area (Å²) in [7, 11) is 2.00. The Kier molecular flexibility index (Phi) is 7.26. The lowest BCUT2D eigenvalue weighted by Gasteiger charge is -2.18. The maximum Gasteiger partial charge on any atom is 0.322 e. The highest BCUT2D eigenvalue weighted by atomic mass is 32.1. The minimum atomic E-state index is -0.173. The molecule has 36 heavy (non-hydrogen) atoms. The molecule has 3 N–H and O–H groups in total. The number of nitrogens with one attached hydrogen (secondary N) is 3. The minimum Gasteiger partial charge on any atom is -0.380 e. The Hall–Kier alpha value is -3.34. The highest BCUT2D eigenvalue weighted by Crippen LogP contribution is 2.29. The third-order valence-electron chi connectivity index (χ3n) is 6.32. The molecule has 2 aromatic carbocycles. The summed E-state index contributed by atoms with van der Waals surface area (Å²) in [6.07, 6.45) is 0.881. The number of likely N-dealkylation sites (N-methyl/N-ethyl adjacent to an activating group) is 1. The summed E-state index contributed by atoms with van der Waals surface area (Å²) in [4.78, 5) is 32.5. The van der Waals surface area contributed by atoms with Crippen LogP contribution in [0.2, 0.25) is 0 Å². The molecule has 5 rings (SSSR count). The van der Waals surface area contributed by atoms with Crippen LogP contribution in [0.25, 0.3) is 10.6 Å². The lowest BCUT2D eigenvalue weighted by Crippen LogP contribution is -2.39. The number of likely N-dealkylation sites (tertiary alicyclic amines) is 1. The maximum atomic E-state index is 13.0. The molecule has 1 saturated heterocycles. The van der Waals surface area contributed by atoms with Crippen molar-refractivity contribution < 1.29 is 4.79 Å². The Morgan fingerprint density at radius 1 is 1.11 bits per heavy atom. The Morgan fingerprint density at radius 3 is 2.58 bits per heavy atom. The van der Waals surface area contributed by atoms with E-state index in [1.807, 2.05) is 49.5 Å². The van der Waals surface area contributed by atoms with Crippen LogP contribution in [0.5, 0.6) is 0 Å². The van der Waals surface area contributed by atoms with Crippen molar-refractivity contribution in [1.82, 2.24) is 25.4 Å². The van der Waals surface area contributed by atoms with Crippen LogP contribution in [-0.4, -0.2) is 52.2 Å². The molecule has 0 unspecified atom stereocenters. The predicted molar refractivity (Wildman–Crippen MR) is 145 cm³/mol. The smallest absolute Gasteiger partial charge is 0.322 e. The first-order valence-corrected chi connectivity index (χ1v) is 13.6. The van der Waals surface area contributed by atoms with E-state index in [1.54, 1.807) is 11.3 Å². The van der Waals surface area contributed by atoms with Gasteiger partial charge in [-0.25, -0.2) is 10.1 Å². The Balaban J connectivity index is 1.22. The lowest BCUT2D eigenvalue weighted by molar-refractivity contribution is 0.0935. The van der Waals surface area contributed by atoms with Gasteiger partial charge in [-0.1, -0.05) is 48.6 Å². The first-order chi connectivity index (χ1) is 17.5. The largest absolute Gasteiger partial charge is 0.380 e. The van der Waals surface area contributed by atoms with E-state index in [4.69, 9.17) is 4.98 Å². The molecule has 0 saturated carbocycles. The number of aromatic nitrogens is 3. The number of H-pyrrole nitrogens is 1. The monoisotopic (exact) mass is 520 g/mol. The fourth-order valence-electron chi connectivity index (χ4n) is 4.47. The molecule has 2 atom stereocenters. The van der Waals surface area contributed by atoms with Crippen molar-refractivity contribution in [2.45, 2.75) is 31.8 Å². The zero-order chi connectivity index (χ0) is 25.1. The summed E-state index contributed by atoms with van der Waals surface area (Å²) in [6.45, 7) is 4.27. The topological polar surface area (TPSA) is 103 Å². The molecule has 0 spiro atoms. The second kappa shape index (κ2) is 10.7. The van der Waals surface area contributed by atoms with Crippen LogP contribution in [0.1, 0.15) is 38.8 Å². The average Bonchev–Trinajstić information content (AvgIpc) is 3.61. The van der Waals surface area contributed by atoms with Crippen LogP contribution in [0.4, 0.5) is 5.69 Å². The normalized spacial score (nSPS) is 17.8. The Morgan fingerprint density at radius 2 is 1.89 bits per heavy atom. The summed E-state index contributed by atoms with van der Waals surface area (Å²) < 4.78 is 0. The number of amides is 1. The van der Waals surface area contributed by atoms with E-state index >= 15 is 0 Å². The fraction of sp³-hybridized carbons (Fsp3) is 0.308. The lowest BCUT2D eigenvalue weighted by atomic mass is 10.0. The quantitative estimate of drug-likeness (QED) is 0.325. The van der Waals surface area contributed by atoms with Crippen molar-refractivity contribution in [2.75, 3.05) is 25.5 Å². The van der Waals surface area contributed by atoms with E-state index in [2.05, 4.69) is 44.8 Å². The summed E-state index contributed by atoms with van der Waals surface area (Å²) in [6, 6.07) is 17.7. The van der Waals surface area contributed by atoms with Crippen LogP contribution in [0, 0.1) is 0 Å². The zero-order valence-electron chi connectivity index (χ0n) is 20.2. The molecular formula is C26H28N6O2S2. The van der Waals surface area contributed by atoms with E-state index in [9.17, 15) is 9.59 Å². The van der Waals surface area contributed by atoms with Gasteiger partial charge in [0.1, 0.15) is 10.0 Å². The van der Waals surface area contributed by atoms with Crippen LogP contribution in [-0.2, 0) is 13.0 Å². The van der Waals surface area contributed by atoms with Gasteiger partial charge in [0.2, 0.25) is 0 Å². The zero-order valence-corrected chi connectivity index (χ0v) is 21.8. The number of nitrogens with zero attached hydrogens (tertiary/aromatic N) is 3. The molecule has 3 heterocycles. The number of hydrogen-bond donors (Lipinski definition) is 3. The van der Waals surface area contributed by atoms with Crippen LogP contribution < -0.4 is 15.5 Å². The summed E-state index contributed by atoms with van der Waals surface area (Å²) in [5.74, 6) is -0.130. The van der Waals surface area contributed by atoms with Gasteiger partial charge in [0.15, 0.2) is 0 Å². The van der Waals surface area contributed by atoms with E-state index in [0.29, 0.717) is 18.7 Å². The summed E-state index contributed by atoms with van der Waals surface area (Å²) in [5, 5.41) is 15.0. The number of aryl methyl sites for hydroxylation is 1. The van der Waals surface area contributed by atoms with E-state index in [1.165, 1.54) is 4.88 Å². The third-order valence-corrected chi connectivity index (χ3v) is 8.35. The number of hydrogen-bond acceptors (Lipinski definition) is 8. The van der Waals surface area contributed by atoms with Gasteiger partial charge < -0.3 is 15.5 Å². The molecule has 186 valence electrons. The van der Waals surface area contributed by atoms with Gasteiger partial charge in [0, 0.05) is 40.7 Å². The van der Waals surface area contributed by atoms with Crippen molar-refractivity contribution >= 4 is 34.3 Å². The number of aromatic amines is 1. The van der Waals surface area contributed by atoms with Gasteiger partial charge >= 0.3 is 4.87 Å². The molecule has 0 radical (unpaired) electrons. The number of rotatable bonds is 8. The molecule has 10 heteroatoms. The van der Waals surface area contributed by atoms with E-state index in [0.717, 1.165) is 51.3 Å². The second-order valence-corrected chi connectivity index (χ2v) is 11.0. The van der Waals surface area contributed by atoms with E-state index < -0.39 is 0 Å². The van der Waals surface area contributed by atoms with Crippen molar-refractivity contribution in [3.63, 3.8) is 0 Å². The van der Waals surface area contributed by atoms with Gasteiger partial charge in [-0.05, 0) is 37.7 Å². The first kappa shape index (κ1) is 24.4. The van der Waals surface area contributed by atoms with Crippen molar-refractivity contribution in [1.29, 1.82) is 0 Å². The number of carbonyl (C=O) groups excluding carboxylic acids is 1. The van der Waals surface area contributed by atoms with Gasteiger partial charge in [0.05, 0.1) is 18.3 Å². The second-order valence-electron chi connectivity index (χ2n) is 8.90. The fourth-order valence-corrected chi connectivity index (χ4v) is 6.33. The molecule has 1 aliphatic heterocycles. The molecule has 2 aromatic heterocycles. The number of carbonyl (C=O) groups is 1. The molecular weight excluding hydrogens is 492 g/mol. The van der Waals surface area contributed by atoms with Crippen molar-refractivity contribution in [3.05, 3.63) is 85.4 Å². The van der Waals surface area contributed by atoms with Crippen LogP contribution in [0.3, 0.4) is 0 Å². The number of benzene rings is 2. The minimum absolute atomic E-state index is 0.00298. The van der Waals surface area contributed by atoms with Crippen LogP contribution in [0.15, 0.2) is 59.4 Å². The molecule has 1 amide bonds. The van der Waals surface area contributed by atoms with Gasteiger partial charge in [-0.3, -0.25) is 9.59 Å². The molecule has 8 nitrogen and oxygen atoms in total. The Labute approximate surface area is 217 Å². The predicted octanol–water partition coefficient (Wildman–Crippen LogP) is 3.96. The molecule has 0 bridgehead atoms. The molecule has 4 aromatic rings. The number of thiazole rings is 1. The molecule has 1 aliphatic rings. The average molecular weight is 521 g/mol. The van der Waals surface area contributed by atoms with Crippen molar-refractivity contribution in [3.8, 4) is 10.6 Å². The van der Waals surface area contributed by atoms with E-state index in [-0.39, 0.29) is 22.7 Å². The molecule has 0 aliphatic carbocycles. The van der Waals surface area contributed by atoms with Gasteiger partial charge in [-0.15, -0.1) is 11.3 Å². The van der Waals surface area contributed by atoms with Crippen LogP contribution >= 0.6 is 22.7 Å².